The second-order valence-electron chi connectivity index (χ2n) is 4.50. The highest BCUT2D eigenvalue weighted by atomic mass is 127. The van der Waals surface area contributed by atoms with Crippen LogP contribution in [0.4, 0.5) is 5.69 Å². The predicted molar refractivity (Wildman–Crippen MR) is 88.2 cm³/mol. The van der Waals surface area contributed by atoms with E-state index >= 15 is 0 Å². The Balaban J connectivity index is 2.03. The fraction of sp³-hybridized carbons (Fsp3) is 0.0667. The van der Waals surface area contributed by atoms with Gasteiger partial charge >= 0.3 is 0 Å². The van der Waals surface area contributed by atoms with E-state index in [1.807, 2.05) is 12.1 Å². The van der Waals surface area contributed by atoms with E-state index in [0.29, 0.717) is 22.6 Å². The number of carbonyl (C=O) groups is 2. The van der Waals surface area contributed by atoms with E-state index in [1.165, 1.54) is 6.07 Å². The maximum absolute atomic E-state index is 12.5. The molecule has 4 nitrogen and oxygen atoms in total. The molecule has 1 N–H and O–H groups in total. The summed E-state index contributed by atoms with van der Waals surface area (Å²) in [6.45, 7) is -0.0640. The van der Waals surface area contributed by atoms with Gasteiger partial charge in [-0.15, -0.1) is 0 Å². The van der Waals surface area contributed by atoms with E-state index < -0.39 is 0 Å². The van der Waals surface area contributed by atoms with Gasteiger partial charge < -0.3 is 10.1 Å². The molecule has 1 heterocycles. The molecular weight excluding hydrogens is 405 g/mol. The Kier molecular flexibility index (Phi) is 3.86. The number of ketones is 1. The van der Waals surface area contributed by atoms with Crippen LogP contribution in [0.15, 0.2) is 36.4 Å². The average molecular weight is 414 g/mol. The number of ether oxygens (including phenoxy) is 1. The first-order valence-corrected chi connectivity index (χ1v) is 7.57. The normalized spacial score (nSPS) is 13.1. The minimum atomic E-state index is -0.241. The van der Waals surface area contributed by atoms with E-state index in [-0.39, 0.29) is 23.3 Å². The van der Waals surface area contributed by atoms with Crippen LogP contribution in [0.3, 0.4) is 0 Å². The van der Waals surface area contributed by atoms with Crippen LogP contribution in [0.5, 0.6) is 5.75 Å². The number of halogens is 2. The molecule has 0 aromatic heterocycles. The average Bonchev–Trinajstić information content (AvgIpc) is 2.45. The predicted octanol–water partition coefficient (Wildman–Crippen LogP) is 3.51. The molecule has 2 aromatic rings. The zero-order chi connectivity index (χ0) is 15.0. The number of nitrogens with one attached hydrogen (secondary N) is 1. The smallest absolute Gasteiger partial charge is 0.262 e. The van der Waals surface area contributed by atoms with Gasteiger partial charge in [0.15, 0.2) is 12.4 Å². The Labute approximate surface area is 139 Å². The Hall–Kier alpha value is -1.60. The molecule has 2 aromatic carbocycles. The van der Waals surface area contributed by atoms with Crippen molar-refractivity contribution in [2.24, 2.45) is 0 Å². The quantitative estimate of drug-likeness (QED) is 0.606. The second kappa shape index (κ2) is 5.65. The van der Waals surface area contributed by atoms with Gasteiger partial charge in [-0.2, -0.15) is 0 Å². The van der Waals surface area contributed by atoms with Crippen LogP contribution >= 0.6 is 34.2 Å². The molecule has 0 fully saturated rings. The monoisotopic (exact) mass is 413 g/mol. The van der Waals surface area contributed by atoms with E-state index in [0.717, 1.165) is 3.57 Å². The van der Waals surface area contributed by atoms with Gasteiger partial charge in [0.2, 0.25) is 0 Å². The van der Waals surface area contributed by atoms with Crippen molar-refractivity contribution in [3.05, 3.63) is 56.1 Å². The molecule has 0 aliphatic carbocycles. The van der Waals surface area contributed by atoms with E-state index in [2.05, 4.69) is 27.9 Å². The van der Waals surface area contributed by atoms with Gasteiger partial charge in [0.25, 0.3) is 5.91 Å². The Morgan fingerprint density at radius 1 is 1.29 bits per heavy atom. The second-order valence-corrected chi connectivity index (χ2v) is 6.16. The first kappa shape index (κ1) is 14.3. The molecule has 106 valence electrons. The van der Waals surface area contributed by atoms with Gasteiger partial charge in [0.1, 0.15) is 5.75 Å². The van der Waals surface area contributed by atoms with Crippen LogP contribution in [0.1, 0.15) is 15.9 Å². The maximum atomic E-state index is 12.5. The van der Waals surface area contributed by atoms with Gasteiger partial charge in [0.05, 0.1) is 10.7 Å². The third-order valence-corrected chi connectivity index (χ3v) is 4.02. The number of benzene rings is 2. The van der Waals surface area contributed by atoms with Gasteiger partial charge in [-0.05, 0) is 46.9 Å². The molecule has 1 amide bonds. The zero-order valence-electron chi connectivity index (χ0n) is 10.7. The molecule has 1 aliphatic rings. The lowest BCUT2D eigenvalue weighted by Crippen LogP contribution is -2.25. The summed E-state index contributed by atoms with van der Waals surface area (Å²) >= 11 is 8.31. The van der Waals surface area contributed by atoms with Crippen LogP contribution in [-0.2, 0) is 4.79 Å². The number of anilines is 1. The van der Waals surface area contributed by atoms with E-state index in [9.17, 15) is 9.59 Å². The number of hydrogen-bond acceptors (Lipinski definition) is 3. The topological polar surface area (TPSA) is 55.4 Å². The zero-order valence-corrected chi connectivity index (χ0v) is 13.6. The first-order valence-electron chi connectivity index (χ1n) is 6.11. The number of rotatable bonds is 2. The van der Waals surface area contributed by atoms with Crippen molar-refractivity contribution < 1.29 is 14.3 Å². The Morgan fingerprint density at radius 2 is 2.10 bits per heavy atom. The minimum absolute atomic E-state index is 0.0640. The highest BCUT2D eigenvalue weighted by molar-refractivity contribution is 14.1. The molecule has 0 atom stereocenters. The standard InChI is InChI=1S/C15H9ClINO3/c16-11-6-12-13(21-7-14(19)18-12)5-10(11)15(20)8-2-1-3-9(17)4-8/h1-6H,7H2,(H,18,19). The molecule has 0 saturated heterocycles. The summed E-state index contributed by atoms with van der Waals surface area (Å²) in [5.74, 6) is 0.0325. The largest absolute Gasteiger partial charge is 0.482 e. The molecule has 3 rings (SSSR count). The number of hydrogen-bond donors (Lipinski definition) is 1. The molecule has 0 radical (unpaired) electrons. The molecule has 0 saturated carbocycles. The van der Waals surface area contributed by atoms with Crippen LogP contribution in [0, 0.1) is 3.57 Å². The van der Waals surface area contributed by atoms with Crippen LogP contribution in [-0.4, -0.2) is 18.3 Å². The lowest BCUT2D eigenvalue weighted by molar-refractivity contribution is -0.118. The van der Waals surface area contributed by atoms with Crippen LogP contribution < -0.4 is 10.1 Å². The molecule has 0 unspecified atom stereocenters. The Bertz CT molecular complexity index is 761. The van der Waals surface area contributed by atoms with Gasteiger partial charge in [-0.25, -0.2) is 0 Å². The maximum Gasteiger partial charge on any atom is 0.262 e. The number of fused-ring (bicyclic) bond motifs is 1. The highest BCUT2D eigenvalue weighted by Gasteiger charge is 2.21. The third kappa shape index (κ3) is 2.89. The fourth-order valence-electron chi connectivity index (χ4n) is 2.06. The van der Waals surface area contributed by atoms with Gasteiger partial charge in [-0.3, -0.25) is 9.59 Å². The van der Waals surface area contributed by atoms with Crippen molar-refractivity contribution in [2.75, 3.05) is 11.9 Å². The van der Waals surface area contributed by atoms with Crippen molar-refractivity contribution in [2.45, 2.75) is 0 Å². The molecule has 21 heavy (non-hydrogen) atoms. The summed E-state index contributed by atoms with van der Waals surface area (Å²) in [5.41, 5.74) is 1.40. The summed E-state index contributed by atoms with van der Waals surface area (Å²) in [6, 6.07) is 10.4. The first-order chi connectivity index (χ1) is 10.0. The van der Waals surface area contributed by atoms with Crippen molar-refractivity contribution in [1.29, 1.82) is 0 Å². The minimum Gasteiger partial charge on any atom is -0.482 e. The summed E-state index contributed by atoms with van der Waals surface area (Å²) in [7, 11) is 0. The summed E-state index contributed by atoms with van der Waals surface area (Å²) in [4.78, 5) is 23.8. The summed E-state index contributed by atoms with van der Waals surface area (Å²) in [5, 5.41) is 2.94. The van der Waals surface area contributed by atoms with Crippen molar-refractivity contribution >= 4 is 51.6 Å². The lowest BCUT2D eigenvalue weighted by Gasteiger charge is -2.19. The molecule has 0 bridgehead atoms. The number of carbonyl (C=O) groups excluding carboxylic acids is 2. The van der Waals surface area contributed by atoms with Crippen LogP contribution in [0.25, 0.3) is 0 Å². The summed E-state index contributed by atoms with van der Waals surface area (Å²) < 4.78 is 6.29. The molecule has 0 spiro atoms. The van der Waals surface area contributed by atoms with E-state index in [4.69, 9.17) is 16.3 Å². The molecule has 6 heteroatoms. The van der Waals surface area contributed by atoms with Crippen molar-refractivity contribution in [3.8, 4) is 5.75 Å². The lowest BCUT2D eigenvalue weighted by atomic mass is 10.0. The van der Waals surface area contributed by atoms with Crippen molar-refractivity contribution in [1.82, 2.24) is 0 Å². The van der Waals surface area contributed by atoms with Gasteiger partial charge in [0, 0.05) is 14.7 Å². The van der Waals surface area contributed by atoms with Crippen LogP contribution in [0.2, 0.25) is 5.02 Å². The van der Waals surface area contributed by atoms with Gasteiger partial charge in [-0.1, -0.05) is 23.7 Å². The fourth-order valence-corrected chi connectivity index (χ4v) is 2.85. The number of amides is 1. The highest BCUT2D eigenvalue weighted by Crippen LogP contribution is 2.34. The molecule has 1 aliphatic heterocycles. The SMILES string of the molecule is O=C1COc2cc(C(=O)c3cccc(I)c3)c(Cl)cc2N1. The Morgan fingerprint density at radius 3 is 2.86 bits per heavy atom. The summed E-state index contributed by atoms with van der Waals surface area (Å²) in [6.07, 6.45) is 0. The van der Waals surface area contributed by atoms with Crippen molar-refractivity contribution in [3.63, 3.8) is 0 Å². The molecular formula is C15H9ClINO3. The van der Waals surface area contributed by atoms with E-state index in [1.54, 1.807) is 18.2 Å². The third-order valence-electron chi connectivity index (χ3n) is 3.03.